The van der Waals surface area contributed by atoms with Crippen molar-refractivity contribution in [2.75, 3.05) is 51.3 Å². The number of rotatable bonds is 5. The Morgan fingerprint density at radius 3 is 2.58 bits per heavy atom. The first-order valence-corrected chi connectivity index (χ1v) is 15.9. The fourth-order valence-corrected chi connectivity index (χ4v) is 7.17. The largest absolute Gasteiger partial charge is 0.462 e. The second-order valence-electron chi connectivity index (χ2n) is 13.4. The van der Waals surface area contributed by atoms with Crippen molar-refractivity contribution >= 4 is 45.2 Å². The Labute approximate surface area is 266 Å². The molecule has 0 spiro atoms. The van der Waals surface area contributed by atoms with Crippen molar-refractivity contribution in [1.82, 2.24) is 29.7 Å². The number of fused-ring (bicyclic) bond motifs is 3. The molecule has 7 rings (SSSR count). The molecule has 1 amide bonds. The highest BCUT2D eigenvalue weighted by Crippen LogP contribution is 2.40. The van der Waals surface area contributed by atoms with E-state index in [1.807, 2.05) is 32.9 Å². The van der Waals surface area contributed by atoms with E-state index < -0.39 is 11.4 Å². The zero-order chi connectivity index (χ0) is 31.5. The molecule has 4 aromatic rings. The van der Waals surface area contributed by atoms with Gasteiger partial charge in [-0.25, -0.2) is 9.18 Å². The van der Waals surface area contributed by atoms with Gasteiger partial charge in [0.2, 0.25) is 0 Å². The van der Waals surface area contributed by atoms with Gasteiger partial charge < -0.3 is 24.2 Å². The summed E-state index contributed by atoms with van der Waals surface area (Å²) in [6.07, 6.45) is 6.76. The quantitative estimate of drug-likeness (QED) is 0.270. The predicted molar refractivity (Wildman–Crippen MR) is 171 cm³/mol. The van der Waals surface area contributed by atoms with E-state index in [9.17, 15) is 4.79 Å². The van der Waals surface area contributed by atoms with Gasteiger partial charge in [-0.2, -0.15) is 9.97 Å². The average Bonchev–Trinajstić information content (AvgIpc) is 3.70. The lowest BCUT2D eigenvalue weighted by Gasteiger charge is -2.26. The molecule has 3 aliphatic heterocycles. The first-order valence-electron chi connectivity index (χ1n) is 15.5. The highest BCUT2D eigenvalue weighted by Gasteiger charge is 2.43. The van der Waals surface area contributed by atoms with Crippen molar-refractivity contribution in [3.63, 3.8) is 0 Å². The third-order valence-corrected chi connectivity index (χ3v) is 9.46. The van der Waals surface area contributed by atoms with Gasteiger partial charge in [-0.05, 0) is 53.3 Å². The molecule has 3 fully saturated rings. The Morgan fingerprint density at radius 2 is 1.87 bits per heavy atom. The number of nitrogens with zero attached hydrogens (tertiary/aromatic N) is 7. The van der Waals surface area contributed by atoms with Gasteiger partial charge in [-0.1, -0.05) is 23.7 Å². The highest BCUT2D eigenvalue weighted by atomic mass is 35.5. The number of hydrogen-bond acceptors (Lipinski definition) is 9. The number of anilines is 1. The van der Waals surface area contributed by atoms with Crippen LogP contribution in [-0.2, 0) is 4.74 Å². The molecule has 1 aromatic carbocycles. The van der Waals surface area contributed by atoms with Gasteiger partial charge in [0, 0.05) is 84.0 Å². The van der Waals surface area contributed by atoms with Crippen LogP contribution in [0, 0.1) is 17.7 Å². The summed E-state index contributed by atoms with van der Waals surface area (Å²) in [5.74, 6) is 0.476. The van der Waals surface area contributed by atoms with E-state index in [0.29, 0.717) is 60.0 Å². The molecule has 236 valence electrons. The summed E-state index contributed by atoms with van der Waals surface area (Å²) in [6.45, 7) is 9.57. The van der Waals surface area contributed by atoms with Crippen LogP contribution in [0.2, 0.25) is 5.02 Å². The van der Waals surface area contributed by atoms with Crippen LogP contribution in [0.25, 0.3) is 32.9 Å². The topological polar surface area (TPSA) is 96.8 Å². The van der Waals surface area contributed by atoms with E-state index >= 15 is 4.39 Å². The SMILES string of the molecule is CN1CCC[C@H]1COc1nc(N2CC3CN(C(=O)OC(C)(C)C)CC3C2)c2cnc(-c3cncc4cccc(Cl)c34)c(F)c2n1. The van der Waals surface area contributed by atoms with Crippen LogP contribution in [0.15, 0.2) is 36.8 Å². The summed E-state index contributed by atoms with van der Waals surface area (Å²) in [5.41, 5.74) is 0.196. The van der Waals surface area contributed by atoms with Crippen molar-refractivity contribution < 1.29 is 18.7 Å². The molecule has 0 aliphatic carbocycles. The summed E-state index contributed by atoms with van der Waals surface area (Å²) in [7, 11) is 2.08. The molecule has 0 radical (unpaired) electrons. The van der Waals surface area contributed by atoms with Crippen molar-refractivity contribution in [2.24, 2.45) is 11.8 Å². The summed E-state index contributed by atoms with van der Waals surface area (Å²) in [5, 5.41) is 2.46. The molecule has 3 saturated heterocycles. The first-order chi connectivity index (χ1) is 21.6. The molecule has 12 heteroatoms. The average molecular weight is 634 g/mol. The number of carbonyl (C=O) groups excluding carboxylic acids is 1. The number of ether oxygens (including phenoxy) is 2. The molecular weight excluding hydrogens is 597 g/mol. The van der Waals surface area contributed by atoms with E-state index in [1.54, 1.807) is 29.6 Å². The van der Waals surface area contributed by atoms with Gasteiger partial charge in [0.25, 0.3) is 0 Å². The van der Waals surface area contributed by atoms with Crippen LogP contribution in [0.4, 0.5) is 15.0 Å². The zero-order valence-corrected chi connectivity index (χ0v) is 26.7. The number of likely N-dealkylation sites (N-methyl/N-ethyl adjacent to an activating group) is 1. The number of likely N-dealkylation sites (tertiary alicyclic amines) is 2. The number of carbonyl (C=O) groups is 1. The molecule has 3 atom stereocenters. The third-order valence-electron chi connectivity index (χ3n) is 9.14. The van der Waals surface area contributed by atoms with E-state index in [-0.39, 0.29) is 41.2 Å². The van der Waals surface area contributed by atoms with Crippen LogP contribution in [0.1, 0.15) is 33.6 Å². The van der Waals surface area contributed by atoms with Gasteiger partial charge in [-0.3, -0.25) is 9.97 Å². The molecular formula is C33H37ClFN7O3. The van der Waals surface area contributed by atoms with Crippen LogP contribution >= 0.6 is 11.6 Å². The molecule has 3 aromatic heterocycles. The predicted octanol–water partition coefficient (Wildman–Crippen LogP) is 5.81. The molecule has 0 bridgehead atoms. The number of pyridine rings is 2. The van der Waals surface area contributed by atoms with Crippen molar-refractivity contribution in [1.29, 1.82) is 0 Å². The fraction of sp³-hybridized carbons (Fsp3) is 0.485. The lowest BCUT2D eigenvalue weighted by Crippen LogP contribution is -2.37. The maximum Gasteiger partial charge on any atom is 0.410 e. The number of aromatic nitrogens is 4. The standard InChI is InChI=1S/C33H37ClFN7O3/c1-33(2,3)45-32(43)42-16-20-14-41(15-21(20)17-42)30-24-13-37-28(23-12-36-11-19-7-5-9-25(34)26(19)23)27(35)29(24)38-31(39-30)44-18-22-8-6-10-40(22)4/h5,7,9,11-13,20-22H,6,8,10,14-18H2,1-4H3/t20?,21?,22-/m0/s1. The second kappa shape index (κ2) is 11.5. The van der Waals surface area contributed by atoms with E-state index in [2.05, 4.69) is 31.8 Å². The Bertz CT molecular complexity index is 1760. The van der Waals surface area contributed by atoms with Crippen LogP contribution in [0.5, 0.6) is 6.01 Å². The number of halogens is 2. The Balaban J connectivity index is 1.24. The number of benzene rings is 1. The third kappa shape index (κ3) is 5.72. The van der Waals surface area contributed by atoms with E-state index in [1.165, 1.54) is 0 Å². The van der Waals surface area contributed by atoms with Gasteiger partial charge >= 0.3 is 12.1 Å². The van der Waals surface area contributed by atoms with Crippen LogP contribution < -0.4 is 9.64 Å². The van der Waals surface area contributed by atoms with Gasteiger partial charge in [0.15, 0.2) is 5.82 Å². The van der Waals surface area contributed by atoms with Crippen molar-refractivity contribution in [2.45, 2.75) is 45.3 Å². The summed E-state index contributed by atoms with van der Waals surface area (Å²) in [4.78, 5) is 37.3. The highest BCUT2D eigenvalue weighted by molar-refractivity contribution is 6.36. The monoisotopic (exact) mass is 633 g/mol. The molecule has 2 unspecified atom stereocenters. The summed E-state index contributed by atoms with van der Waals surface area (Å²) >= 11 is 6.58. The van der Waals surface area contributed by atoms with Gasteiger partial charge in [0.05, 0.1) is 5.39 Å². The Hall–Kier alpha value is -3.83. The molecule has 10 nitrogen and oxygen atoms in total. The Kier molecular flexibility index (Phi) is 7.64. The maximum atomic E-state index is 16.6. The maximum absolute atomic E-state index is 16.6. The normalized spacial score (nSPS) is 22.0. The summed E-state index contributed by atoms with van der Waals surface area (Å²) in [6, 6.07) is 5.88. The lowest BCUT2D eigenvalue weighted by molar-refractivity contribution is 0.0282. The fourth-order valence-electron chi connectivity index (χ4n) is 6.89. The first kappa shape index (κ1) is 29.9. The van der Waals surface area contributed by atoms with Crippen molar-refractivity contribution in [3.05, 3.63) is 47.6 Å². The van der Waals surface area contributed by atoms with Gasteiger partial charge in [0.1, 0.15) is 29.2 Å². The minimum absolute atomic E-state index is 0.117. The molecule has 3 aliphatic rings. The van der Waals surface area contributed by atoms with Crippen LogP contribution in [-0.4, -0.2) is 93.9 Å². The second-order valence-corrected chi connectivity index (χ2v) is 13.8. The molecule has 45 heavy (non-hydrogen) atoms. The molecule has 6 heterocycles. The zero-order valence-electron chi connectivity index (χ0n) is 26.0. The minimum atomic E-state index is -0.580. The van der Waals surface area contributed by atoms with Gasteiger partial charge in [-0.15, -0.1) is 0 Å². The van der Waals surface area contributed by atoms with E-state index in [0.717, 1.165) is 24.8 Å². The smallest absolute Gasteiger partial charge is 0.410 e. The molecule has 0 saturated carbocycles. The Morgan fingerprint density at radius 1 is 1.09 bits per heavy atom. The van der Waals surface area contributed by atoms with Crippen LogP contribution in [0.3, 0.4) is 0 Å². The lowest BCUT2D eigenvalue weighted by atomic mass is 10.0. The minimum Gasteiger partial charge on any atom is -0.462 e. The molecule has 0 N–H and O–H groups in total. The number of amides is 1. The summed E-state index contributed by atoms with van der Waals surface area (Å²) < 4.78 is 28.4. The number of hydrogen-bond donors (Lipinski definition) is 0. The van der Waals surface area contributed by atoms with E-state index in [4.69, 9.17) is 26.1 Å². The van der Waals surface area contributed by atoms with Crippen molar-refractivity contribution in [3.8, 4) is 17.3 Å².